The van der Waals surface area contributed by atoms with E-state index in [-0.39, 0.29) is 5.56 Å². The number of aromatic amines is 1. The number of anilines is 2. The fourth-order valence-electron chi connectivity index (χ4n) is 3.19. The lowest BCUT2D eigenvalue weighted by Gasteiger charge is -2.19. The number of amides is 1. The molecule has 0 radical (unpaired) electrons. The van der Waals surface area contributed by atoms with E-state index in [0.717, 1.165) is 27.2 Å². The van der Waals surface area contributed by atoms with E-state index in [2.05, 4.69) is 15.3 Å². The first kappa shape index (κ1) is 20.9. The second kappa shape index (κ2) is 8.05. The van der Waals surface area contributed by atoms with Gasteiger partial charge in [0.2, 0.25) is 10.0 Å². The Morgan fingerprint density at radius 1 is 1.06 bits per heavy atom. The third-order valence-corrected chi connectivity index (χ3v) is 6.38. The first-order valence-corrected chi connectivity index (χ1v) is 11.6. The fourth-order valence-corrected chi connectivity index (χ4v) is 3.93. The van der Waals surface area contributed by atoms with Gasteiger partial charge in [-0.25, -0.2) is 13.4 Å². The summed E-state index contributed by atoms with van der Waals surface area (Å²) in [4.78, 5) is 20.7. The van der Waals surface area contributed by atoms with Gasteiger partial charge in [-0.3, -0.25) is 9.10 Å². The Morgan fingerprint density at radius 2 is 1.77 bits per heavy atom. The van der Waals surface area contributed by atoms with Crippen molar-refractivity contribution in [2.45, 2.75) is 0 Å². The first-order chi connectivity index (χ1) is 14.7. The van der Waals surface area contributed by atoms with Crippen LogP contribution in [0.1, 0.15) is 10.4 Å². The van der Waals surface area contributed by atoms with Crippen molar-refractivity contribution in [3.8, 4) is 11.4 Å². The van der Waals surface area contributed by atoms with Crippen LogP contribution in [0.25, 0.3) is 22.4 Å². The van der Waals surface area contributed by atoms with Crippen LogP contribution in [0.4, 0.5) is 11.4 Å². The Labute approximate surface area is 184 Å². The van der Waals surface area contributed by atoms with E-state index < -0.39 is 15.9 Å². The molecule has 0 fully saturated rings. The summed E-state index contributed by atoms with van der Waals surface area (Å²) < 4.78 is 24.9. The Hall–Kier alpha value is -3.36. The van der Waals surface area contributed by atoms with E-state index in [1.807, 2.05) is 18.2 Å². The number of hydrogen-bond acceptors (Lipinski definition) is 4. The molecule has 0 unspecified atom stereocenters. The summed E-state index contributed by atoms with van der Waals surface area (Å²) in [5.41, 5.74) is 3.33. The summed E-state index contributed by atoms with van der Waals surface area (Å²) in [5, 5.41) is 3.41. The second-order valence-corrected chi connectivity index (χ2v) is 9.42. The molecule has 0 atom stereocenters. The highest BCUT2D eigenvalue weighted by molar-refractivity contribution is 7.92. The van der Waals surface area contributed by atoms with Crippen LogP contribution in [0.3, 0.4) is 0 Å². The van der Waals surface area contributed by atoms with E-state index in [9.17, 15) is 13.2 Å². The van der Waals surface area contributed by atoms with Gasteiger partial charge < -0.3 is 10.3 Å². The molecule has 0 bridgehead atoms. The van der Waals surface area contributed by atoms with Gasteiger partial charge in [-0.05, 0) is 42.5 Å². The quantitative estimate of drug-likeness (QED) is 0.463. The third kappa shape index (κ3) is 4.26. The minimum absolute atomic E-state index is 0.247. The second-order valence-electron chi connectivity index (χ2n) is 7.00. The van der Waals surface area contributed by atoms with Gasteiger partial charge in [0.1, 0.15) is 5.82 Å². The van der Waals surface area contributed by atoms with E-state index in [4.69, 9.17) is 11.6 Å². The number of aromatic nitrogens is 2. The molecule has 1 amide bonds. The predicted octanol–water partition coefficient (Wildman–Crippen LogP) is 4.53. The lowest BCUT2D eigenvalue weighted by molar-refractivity contribution is 0.102. The molecule has 9 heteroatoms. The van der Waals surface area contributed by atoms with Gasteiger partial charge >= 0.3 is 0 Å². The van der Waals surface area contributed by atoms with E-state index >= 15 is 0 Å². The van der Waals surface area contributed by atoms with Crippen molar-refractivity contribution in [3.05, 3.63) is 77.3 Å². The molecule has 2 N–H and O–H groups in total. The predicted molar refractivity (Wildman–Crippen MR) is 124 cm³/mol. The topological polar surface area (TPSA) is 95.2 Å². The van der Waals surface area contributed by atoms with Gasteiger partial charge in [0.25, 0.3) is 5.91 Å². The summed E-state index contributed by atoms with van der Waals surface area (Å²) in [5.74, 6) is 0.209. The van der Waals surface area contributed by atoms with Crippen LogP contribution in [0.5, 0.6) is 0 Å². The molecule has 3 aromatic carbocycles. The molecule has 7 nitrogen and oxygen atoms in total. The summed E-state index contributed by atoms with van der Waals surface area (Å²) in [6.45, 7) is 0. The minimum Gasteiger partial charge on any atom is -0.338 e. The van der Waals surface area contributed by atoms with E-state index in [1.165, 1.54) is 7.05 Å². The van der Waals surface area contributed by atoms with Crippen LogP contribution in [0.2, 0.25) is 5.02 Å². The summed E-state index contributed by atoms with van der Waals surface area (Å²) in [6.07, 6.45) is 1.09. The summed E-state index contributed by atoms with van der Waals surface area (Å²) in [7, 11) is -2.10. The standard InChI is InChI=1S/C22H19ClN4O3S/c1-27(31(2,29)30)20-10-6-4-8-16(20)22(28)24-14-11-12-18-19(13-14)26-21(25-18)15-7-3-5-9-17(15)23/h3-13H,1-2H3,(H,24,28)(H,25,26). The maximum atomic E-state index is 12.9. The SMILES string of the molecule is CN(c1ccccc1C(=O)Nc1ccc2nc(-c3ccccc3Cl)[nH]c2c1)S(C)(=O)=O. The average molecular weight is 455 g/mol. The van der Waals surface area contributed by atoms with E-state index in [1.54, 1.807) is 48.5 Å². The number of nitrogens with zero attached hydrogens (tertiary/aromatic N) is 2. The molecule has 158 valence electrons. The molecule has 1 heterocycles. The number of H-pyrrole nitrogens is 1. The number of carbonyl (C=O) groups excluding carboxylic acids is 1. The van der Waals surface area contributed by atoms with Gasteiger partial charge in [-0.15, -0.1) is 0 Å². The Balaban J connectivity index is 1.64. The van der Waals surface area contributed by atoms with Crippen LogP contribution in [0, 0.1) is 0 Å². The molecule has 0 aliphatic carbocycles. The molecule has 4 rings (SSSR count). The normalized spacial score (nSPS) is 11.5. The van der Waals surface area contributed by atoms with Gasteiger partial charge in [0.15, 0.2) is 0 Å². The first-order valence-electron chi connectivity index (χ1n) is 9.33. The maximum Gasteiger partial charge on any atom is 0.257 e. The molecular weight excluding hydrogens is 436 g/mol. The molecule has 0 saturated heterocycles. The van der Waals surface area contributed by atoms with Gasteiger partial charge in [0.05, 0.1) is 33.6 Å². The minimum atomic E-state index is -3.51. The number of sulfonamides is 1. The van der Waals surface area contributed by atoms with Crippen molar-refractivity contribution in [1.29, 1.82) is 0 Å². The molecule has 1 aromatic heterocycles. The van der Waals surface area contributed by atoms with Crippen molar-refractivity contribution in [3.63, 3.8) is 0 Å². The number of hydrogen-bond donors (Lipinski definition) is 2. The van der Waals surface area contributed by atoms with Gasteiger partial charge in [-0.2, -0.15) is 0 Å². The number of carbonyl (C=O) groups is 1. The van der Waals surface area contributed by atoms with Crippen LogP contribution in [-0.4, -0.2) is 37.6 Å². The number of halogens is 1. The lowest BCUT2D eigenvalue weighted by Crippen LogP contribution is -2.27. The van der Waals surface area contributed by atoms with E-state index in [0.29, 0.717) is 22.2 Å². The molecule has 4 aromatic rings. The molecule has 0 spiro atoms. The van der Waals surface area contributed by atoms with Crippen LogP contribution in [0.15, 0.2) is 66.7 Å². The highest BCUT2D eigenvalue weighted by atomic mass is 35.5. The van der Waals surface area contributed by atoms with Gasteiger partial charge in [-0.1, -0.05) is 35.9 Å². The largest absolute Gasteiger partial charge is 0.338 e. The smallest absolute Gasteiger partial charge is 0.257 e. The zero-order valence-corrected chi connectivity index (χ0v) is 18.3. The summed E-state index contributed by atoms with van der Waals surface area (Å²) in [6, 6.07) is 19.2. The average Bonchev–Trinajstić information content (AvgIpc) is 3.16. The Bertz CT molecular complexity index is 1400. The lowest BCUT2D eigenvalue weighted by atomic mass is 10.1. The maximum absolute atomic E-state index is 12.9. The number of benzene rings is 3. The van der Waals surface area contributed by atoms with Crippen LogP contribution in [-0.2, 0) is 10.0 Å². The zero-order chi connectivity index (χ0) is 22.2. The molecule has 0 aliphatic rings. The van der Waals surface area contributed by atoms with Crippen molar-refractivity contribution in [1.82, 2.24) is 9.97 Å². The monoisotopic (exact) mass is 454 g/mol. The molecular formula is C22H19ClN4O3S. The van der Waals surface area contributed by atoms with Gasteiger partial charge in [0, 0.05) is 18.3 Å². The fraction of sp³-hybridized carbons (Fsp3) is 0.0909. The molecule has 0 saturated carbocycles. The number of rotatable bonds is 5. The number of nitrogens with one attached hydrogen (secondary N) is 2. The van der Waals surface area contributed by atoms with Crippen molar-refractivity contribution < 1.29 is 13.2 Å². The highest BCUT2D eigenvalue weighted by Gasteiger charge is 2.19. The highest BCUT2D eigenvalue weighted by Crippen LogP contribution is 2.28. The number of fused-ring (bicyclic) bond motifs is 1. The number of para-hydroxylation sites is 1. The molecule has 0 aliphatic heterocycles. The van der Waals surface area contributed by atoms with Crippen molar-refractivity contribution in [2.75, 3.05) is 22.9 Å². The Kier molecular flexibility index (Phi) is 5.43. The third-order valence-electron chi connectivity index (χ3n) is 4.85. The number of imidazole rings is 1. The van der Waals surface area contributed by atoms with Crippen molar-refractivity contribution in [2.24, 2.45) is 0 Å². The zero-order valence-electron chi connectivity index (χ0n) is 16.8. The summed E-state index contributed by atoms with van der Waals surface area (Å²) >= 11 is 6.26. The van der Waals surface area contributed by atoms with Crippen LogP contribution < -0.4 is 9.62 Å². The molecule has 31 heavy (non-hydrogen) atoms. The Morgan fingerprint density at radius 3 is 2.52 bits per heavy atom. The van der Waals surface area contributed by atoms with Crippen molar-refractivity contribution >= 4 is 49.9 Å². The van der Waals surface area contributed by atoms with Crippen LogP contribution >= 0.6 is 11.6 Å².